The zero-order valence-electron chi connectivity index (χ0n) is 8.05. The molecule has 1 heterocycles. The topological polar surface area (TPSA) is 15.3 Å². The van der Waals surface area contributed by atoms with Crippen LogP contribution in [0.2, 0.25) is 0 Å². The van der Waals surface area contributed by atoms with Gasteiger partial charge in [0.25, 0.3) is 0 Å². The number of hydrogen-bond donors (Lipinski definition) is 1. The second-order valence-corrected chi connectivity index (χ2v) is 4.17. The molecule has 1 N–H and O–H groups in total. The monoisotopic (exact) mass is 168 g/mol. The first-order valence-electron chi connectivity index (χ1n) is 5.35. The van der Waals surface area contributed by atoms with E-state index in [1.807, 2.05) is 0 Å². The van der Waals surface area contributed by atoms with Crippen molar-refractivity contribution in [3.63, 3.8) is 0 Å². The van der Waals surface area contributed by atoms with Crippen molar-refractivity contribution in [1.29, 1.82) is 0 Å². The highest BCUT2D eigenvalue weighted by atomic mass is 15.2. The van der Waals surface area contributed by atoms with Crippen LogP contribution in [0.15, 0.2) is 0 Å². The molecule has 2 rings (SSSR count). The maximum Gasteiger partial charge on any atom is 0.0345 e. The molecule has 0 spiro atoms. The molecule has 2 fully saturated rings. The van der Waals surface area contributed by atoms with Gasteiger partial charge in [-0.2, -0.15) is 0 Å². The smallest absolute Gasteiger partial charge is 0.0345 e. The van der Waals surface area contributed by atoms with E-state index in [-0.39, 0.29) is 0 Å². The summed E-state index contributed by atoms with van der Waals surface area (Å²) in [6, 6.07) is 0.855. The minimum Gasteiger partial charge on any atom is -0.314 e. The molecule has 0 bridgehead atoms. The Labute approximate surface area is 75.3 Å². The van der Waals surface area contributed by atoms with Gasteiger partial charge in [0, 0.05) is 19.1 Å². The highest BCUT2D eigenvalue weighted by Gasteiger charge is 2.26. The average molecular weight is 168 g/mol. The van der Waals surface area contributed by atoms with Gasteiger partial charge in [-0.1, -0.05) is 19.8 Å². The van der Waals surface area contributed by atoms with Crippen LogP contribution in [-0.2, 0) is 0 Å². The summed E-state index contributed by atoms with van der Waals surface area (Å²) >= 11 is 0. The average Bonchev–Trinajstić information content (AvgIpc) is 2.76. The van der Waals surface area contributed by atoms with Gasteiger partial charge in [0.1, 0.15) is 0 Å². The Morgan fingerprint density at radius 2 is 2.08 bits per heavy atom. The highest BCUT2D eigenvalue weighted by molar-refractivity contribution is 4.85. The summed E-state index contributed by atoms with van der Waals surface area (Å²) in [6.07, 6.45) is 4.45. The highest BCUT2D eigenvalue weighted by Crippen LogP contribution is 2.32. The summed E-state index contributed by atoms with van der Waals surface area (Å²) in [4.78, 5) is 2.63. The van der Waals surface area contributed by atoms with Crippen LogP contribution in [0.1, 0.15) is 26.2 Å². The molecule has 70 valence electrons. The van der Waals surface area contributed by atoms with Gasteiger partial charge in [0.15, 0.2) is 0 Å². The van der Waals surface area contributed by atoms with Crippen LogP contribution in [0.4, 0.5) is 0 Å². The first-order chi connectivity index (χ1) is 5.90. The van der Waals surface area contributed by atoms with Crippen LogP contribution in [-0.4, -0.2) is 37.1 Å². The lowest BCUT2D eigenvalue weighted by Gasteiger charge is -2.37. The van der Waals surface area contributed by atoms with Gasteiger partial charge >= 0.3 is 0 Å². The molecular weight excluding hydrogens is 148 g/mol. The number of likely N-dealkylation sites (N-methyl/N-ethyl adjacent to an activating group) is 1. The number of nitrogens with one attached hydrogen (secondary N) is 1. The fourth-order valence-corrected chi connectivity index (χ4v) is 1.89. The van der Waals surface area contributed by atoms with Crippen molar-refractivity contribution in [3.05, 3.63) is 0 Å². The standard InChI is InChI=1S/C10H20N2/c1-2-12(10-7-11-8-10)6-5-9-3-4-9/h9-11H,2-8H2,1H3. The Balaban J connectivity index is 1.65. The van der Waals surface area contributed by atoms with Crippen LogP contribution >= 0.6 is 0 Å². The van der Waals surface area contributed by atoms with Gasteiger partial charge in [0.05, 0.1) is 0 Å². The van der Waals surface area contributed by atoms with E-state index in [1.165, 1.54) is 45.4 Å². The molecule has 1 aliphatic carbocycles. The fraction of sp³-hybridized carbons (Fsp3) is 1.00. The van der Waals surface area contributed by atoms with Crippen molar-refractivity contribution in [2.75, 3.05) is 26.2 Å². The molecular formula is C10H20N2. The van der Waals surface area contributed by atoms with E-state index in [0.717, 1.165) is 12.0 Å². The maximum atomic E-state index is 3.34. The molecule has 0 aromatic carbocycles. The van der Waals surface area contributed by atoms with E-state index in [4.69, 9.17) is 0 Å². The minimum absolute atomic E-state index is 0.855. The van der Waals surface area contributed by atoms with Gasteiger partial charge in [-0.05, 0) is 25.4 Å². The molecule has 2 heteroatoms. The van der Waals surface area contributed by atoms with E-state index in [0.29, 0.717) is 0 Å². The van der Waals surface area contributed by atoms with Gasteiger partial charge in [0.2, 0.25) is 0 Å². The molecule has 0 aromatic rings. The Morgan fingerprint density at radius 1 is 1.33 bits per heavy atom. The molecule has 1 saturated heterocycles. The Kier molecular flexibility index (Phi) is 2.66. The molecule has 12 heavy (non-hydrogen) atoms. The predicted molar refractivity (Wildman–Crippen MR) is 51.2 cm³/mol. The Bertz CT molecular complexity index is 139. The van der Waals surface area contributed by atoms with Crippen molar-refractivity contribution in [3.8, 4) is 0 Å². The summed E-state index contributed by atoms with van der Waals surface area (Å²) < 4.78 is 0. The van der Waals surface area contributed by atoms with Gasteiger partial charge in [-0.15, -0.1) is 0 Å². The first kappa shape index (κ1) is 8.52. The number of hydrogen-bond acceptors (Lipinski definition) is 2. The molecule has 2 aliphatic rings. The van der Waals surface area contributed by atoms with Crippen LogP contribution in [0.5, 0.6) is 0 Å². The lowest BCUT2D eigenvalue weighted by Crippen LogP contribution is -2.57. The summed E-state index contributed by atoms with van der Waals surface area (Å²) in [5.74, 6) is 1.09. The normalized spacial score (nSPS) is 24.5. The molecule has 1 saturated carbocycles. The lowest BCUT2D eigenvalue weighted by atomic mass is 10.1. The Morgan fingerprint density at radius 3 is 2.50 bits per heavy atom. The van der Waals surface area contributed by atoms with Crippen molar-refractivity contribution < 1.29 is 0 Å². The maximum absolute atomic E-state index is 3.34. The van der Waals surface area contributed by atoms with E-state index in [9.17, 15) is 0 Å². The van der Waals surface area contributed by atoms with Crippen LogP contribution in [0, 0.1) is 5.92 Å². The minimum atomic E-state index is 0.855. The summed E-state index contributed by atoms with van der Waals surface area (Å²) in [5.41, 5.74) is 0. The zero-order chi connectivity index (χ0) is 8.39. The third kappa shape index (κ3) is 1.99. The zero-order valence-corrected chi connectivity index (χ0v) is 8.05. The third-order valence-corrected chi connectivity index (χ3v) is 3.20. The van der Waals surface area contributed by atoms with Crippen molar-refractivity contribution >= 4 is 0 Å². The Hall–Kier alpha value is -0.0800. The predicted octanol–water partition coefficient (Wildman–Crippen LogP) is 1.08. The quantitative estimate of drug-likeness (QED) is 0.661. The third-order valence-electron chi connectivity index (χ3n) is 3.20. The molecule has 0 aromatic heterocycles. The molecule has 0 atom stereocenters. The number of rotatable bonds is 5. The van der Waals surface area contributed by atoms with Crippen molar-refractivity contribution in [1.82, 2.24) is 10.2 Å². The summed E-state index contributed by atoms with van der Waals surface area (Å²) in [5, 5.41) is 3.34. The van der Waals surface area contributed by atoms with E-state index in [2.05, 4.69) is 17.1 Å². The van der Waals surface area contributed by atoms with Gasteiger partial charge < -0.3 is 5.32 Å². The van der Waals surface area contributed by atoms with E-state index < -0.39 is 0 Å². The second kappa shape index (κ2) is 3.75. The van der Waals surface area contributed by atoms with Gasteiger partial charge in [-0.3, -0.25) is 4.90 Å². The summed E-state index contributed by atoms with van der Waals surface area (Å²) in [6.45, 7) is 7.30. The number of nitrogens with zero attached hydrogens (tertiary/aromatic N) is 1. The SMILES string of the molecule is CCN(CCC1CC1)C1CNC1. The van der Waals surface area contributed by atoms with Gasteiger partial charge in [-0.25, -0.2) is 0 Å². The molecule has 0 radical (unpaired) electrons. The van der Waals surface area contributed by atoms with Crippen LogP contribution < -0.4 is 5.32 Å². The van der Waals surface area contributed by atoms with Crippen LogP contribution in [0.25, 0.3) is 0 Å². The van der Waals surface area contributed by atoms with Crippen molar-refractivity contribution in [2.24, 2.45) is 5.92 Å². The molecule has 0 amide bonds. The summed E-state index contributed by atoms with van der Waals surface area (Å²) in [7, 11) is 0. The molecule has 2 nitrogen and oxygen atoms in total. The van der Waals surface area contributed by atoms with Crippen molar-refractivity contribution in [2.45, 2.75) is 32.2 Å². The fourth-order valence-electron chi connectivity index (χ4n) is 1.89. The molecule has 0 unspecified atom stereocenters. The lowest BCUT2D eigenvalue weighted by molar-refractivity contribution is 0.149. The van der Waals surface area contributed by atoms with Crippen LogP contribution in [0.3, 0.4) is 0 Å². The second-order valence-electron chi connectivity index (χ2n) is 4.17. The largest absolute Gasteiger partial charge is 0.314 e. The van der Waals surface area contributed by atoms with E-state index in [1.54, 1.807) is 0 Å². The first-order valence-corrected chi connectivity index (χ1v) is 5.35. The van der Waals surface area contributed by atoms with E-state index >= 15 is 0 Å². The molecule has 1 aliphatic heterocycles.